The van der Waals surface area contributed by atoms with Gasteiger partial charge in [-0.3, -0.25) is 0 Å². The molecule has 1 heterocycles. The summed E-state index contributed by atoms with van der Waals surface area (Å²) in [5.74, 6) is 0.396. The summed E-state index contributed by atoms with van der Waals surface area (Å²) in [6.45, 7) is 8.83. The van der Waals surface area contributed by atoms with E-state index in [1.807, 2.05) is 32.2 Å². The minimum atomic E-state index is 0.244. The van der Waals surface area contributed by atoms with Crippen molar-refractivity contribution in [1.29, 1.82) is 0 Å². The molecule has 0 saturated carbocycles. The maximum absolute atomic E-state index is 9.76. The minimum Gasteiger partial charge on any atom is -0.507 e. The van der Waals surface area contributed by atoms with E-state index >= 15 is 0 Å². The highest BCUT2D eigenvalue weighted by Crippen LogP contribution is 2.24. The van der Waals surface area contributed by atoms with E-state index in [0.717, 1.165) is 22.7 Å². The van der Waals surface area contributed by atoms with Crippen LogP contribution in [0.15, 0.2) is 18.3 Å². The number of rotatable bonds is 4. The summed E-state index contributed by atoms with van der Waals surface area (Å²) in [4.78, 5) is 5.63. The highest BCUT2D eigenvalue weighted by molar-refractivity contribution is 7.11. The molecule has 0 spiro atoms. The van der Waals surface area contributed by atoms with Crippen LogP contribution in [0, 0.1) is 20.8 Å². The van der Waals surface area contributed by atoms with E-state index < -0.39 is 0 Å². The number of benzene rings is 1. The van der Waals surface area contributed by atoms with E-state index in [1.54, 1.807) is 11.3 Å². The lowest BCUT2D eigenvalue weighted by molar-refractivity contribution is 0.466. The molecule has 102 valence electrons. The lowest BCUT2D eigenvalue weighted by Gasteiger charge is -2.13. The van der Waals surface area contributed by atoms with Crippen LogP contribution in [-0.4, -0.2) is 10.1 Å². The summed E-state index contributed by atoms with van der Waals surface area (Å²) < 4.78 is 0. The third-order valence-corrected chi connectivity index (χ3v) is 4.27. The first-order valence-electron chi connectivity index (χ1n) is 6.42. The second-order valence-electron chi connectivity index (χ2n) is 4.99. The Kier molecular flexibility index (Phi) is 4.22. The number of aryl methyl sites for hydroxylation is 3. The number of phenols is 1. The van der Waals surface area contributed by atoms with Gasteiger partial charge in [-0.15, -0.1) is 11.3 Å². The molecule has 4 heteroatoms. The largest absolute Gasteiger partial charge is 0.507 e. The monoisotopic (exact) mass is 276 g/mol. The molecular weight excluding hydrogens is 256 g/mol. The molecule has 0 bridgehead atoms. The van der Waals surface area contributed by atoms with Gasteiger partial charge in [0.15, 0.2) is 0 Å². The smallest absolute Gasteiger partial charge is 0.121 e. The molecule has 2 N–H and O–H groups in total. The van der Waals surface area contributed by atoms with Crippen molar-refractivity contribution in [1.82, 2.24) is 10.3 Å². The highest BCUT2D eigenvalue weighted by Gasteiger charge is 2.09. The molecule has 2 aromatic rings. The summed E-state index contributed by atoms with van der Waals surface area (Å²) in [6, 6.07) is 4.29. The predicted molar refractivity (Wildman–Crippen MR) is 79.7 cm³/mol. The number of aromatic hydroxyl groups is 1. The number of aromatic nitrogens is 1. The molecule has 0 aliphatic rings. The Morgan fingerprint density at radius 3 is 2.42 bits per heavy atom. The SMILES string of the molecule is Cc1cnc(C(C)NCc2cc(C)c(O)c(C)c2)s1. The number of phenolic OH excluding ortho intramolecular Hbond substituents is 1. The van der Waals surface area contributed by atoms with Crippen LogP contribution in [0.3, 0.4) is 0 Å². The number of nitrogens with zero attached hydrogens (tertiary/aromatic N) is 1. The van der Waals surface area contributed by atoms with Crippen molar-refractivity contribution in [2.24, 2.45) is 0 Å². The van der Waals surface area contributed by atoms with Crippen molar-refractivity contribution in [2.45, 2.75) is 40.3 Å². The van der Waals surface area contributed by atoms with Gasteiger partial charge in [0.25, 0.3) is 0 Å². The van der Waals surface area contributed by atoms with Crippen LogP contribution in [0.4, 0.5) is 0 Å². The van der Waals surface area contributed by atoms with Gasteiger partial charge in [-0.25, -0.2) is 4.98 Å². The van der Waals surface area contributed by atoms with Crippen LogP contribution < -0.4 is 5.32 Å². The van der Waals surface area contributed by atoms with Crippen molar-refractivity contribution in [3.8, 4) is 5.75 Å². The molecule has 0 saturated heterocycles. The summed E-state index contributed by atoms with van der Waals surface area (Å²) in [6.07, 6.45) is 1.91. The van der Waals surface area contributed by atoms with Crippen molar-refractivity contribution in [2.75, 3.05) is 0 Å². The second-order valence-corrected chi connectivity index (χ2v) is 6.26. The van der Waals surface area contributed by atoms with Gasteiger partial charge >= 0.3 is 0 Å². The maximum Gasteiger partial charge on any atom is 0.121 e. The zero-order valence-corrected chi connectivity index (χ0v) is 12.6. The first-order valence-corrected chi connectivity index (χ1v) is 7.24. The molecule has 0 aliphatic carbocycles. The average molecular weight is 276 g/mol. The van der Waals surface area contributed by atoms with E-state index in [9.17, 15) is 5.11 Å². The highest BCUT2D eigenvalue weighted by atomic mass is 32.1. The molecule has 0 radical (unpaired) electrons. The Balaban J connectivity index is 2.03. The van der Waals surface area contributed by atoms with Gasteiger partial charge < -0.3 is 10.4 Å². The summed E-state index contributed by atoms with van der Waals surface area (Å²) in [7, 11) is 0. The third kappa shape index (κ3) is 3.33. The van der Waals surface area contributed by atoms with E-state index in [-0.39, 0.29) is 6.04 Å². The first kappa shape index (κ1) is 14.0. The zero-order valence-electron chi connectivity index (χ0n) is 11.8. The third-order valence-electron chi connectivity index (χ3n) is 3.17. The normalized spacial score (nSPS) is 12.6. The summed E-state index contributed by atoms with van der Waals surface area (Å²) >= 11 is 1.73. The zero-order chi connectivity index (χ0) is 14.0. The van der Waals surface area contributed by atoms with Gasteiger partial charge in [0.2, 0.25) is 0 Å². The molecule has 1 aromatic heterocycles. The average Bonchev–Trinajstić information content (AvgIpc) is 2.79. The van der Waals surface area contributed by atoms with E-state index in [4.69, 9.17) is 0 Å². The molecule has 1 atom stereocenters. The Bertz CT molecular complexity index is 554. The van der Waals surface area contributed by atoms with Gasteiger partial charge in [0.05, 0.1) is 6.04 Å². The standard InChI is InChI=1S/C15H20N2OS/c1-9-5-13(6-10(2)14(9)18)8-16-12(4)15-17-7-11(3)19-15/h5-7,12,16,18H,8H2,1-4H3. The van der Waals surface area contributed by atoms with Gasteiger partial charge in [-0.1, -0.05) is 12.1 Å². The summed E-state index contributed by atoms with van der Waals surface area (Å²) in [5.41, 5.74) is 3.04. The van der Waals surface area contributed by atoms with Crippen LogP contribution in [0.5, 0.6) is 5.75 Å². The molecule has 0 aliphatic heterocycles. The number of thiazole rings is 1. The van der Waals surface area contributed by atoms with Gasteiger partial charge in [0, 0.05) is 17.6 Å². The molecule has 1 unspecified atom stereocenters. The lowest BCUT2D eigenvalue weighted by Crippen LogP contribution is -2.18. The fourth-order valence-electron chi connectivity index (χ4n) is 2.08. The van der Waals surface area contributed by atoms with E-state index in [0.29, 0.717) is 5.75 Å². The Hall–Kier alpha value is -1.39. The molecule has 0 fully saturated rings. The van der Waals surface area contributed by atoms with Gasteiger partial charge in [-0.05, 0) is 44.4 Å². The van der Waals surface area contributed by atoms with Crippen LogP contribution in [-0.2, 0) is 6.54 Å². The Labute approximate surface area is 118 Å². The van der Waals surface area contributed by atoms with Crippen LogP contribution in [0.25, 0.3) is 0 Å². The van der Waals surface area contributed by atoms with Crippen LogP contribution in [0.1, 0.15) is 39.5 Å². The van der Waals surface area contributed by atoms with Gasteiger partial charge in [-0.2, -0.15) is 0 Å². The van der Waals surface area contributed by atoms with Crippen molar-refractivity contribution < 1.29 is 5.11 Å². The number of hydrogen-bond donors (Lipinski definition) is 2. The van der Waals surface area contributed by atoms with Crippen molar-refractivity contribution in [3.63, 3.8) is 0 Å². The second kappa shape index (κ2) is 5.72. The van der Waals surface area contributed by atoms with E-state index in [1.165, 1.54) is 10.4 Å². The van der Waals surface area contributed by atoms with Crippen LogP contribution in [0.2, 0.25) is 0 Å². The van der Waals surface area contributed by atoms with Crippen molar-refractivity contribution >= 4 is 11.3 Å². The number of hydrogen-bond acceptors (Lipinski definition) is 4. The molecule has 19 heavy (non-hydrogen) atoms. The molecule has 3 nitrogen and oxygen atoms in total. The quantitative estimate of drug-likeness (QED) is 0.896. The van der Waals surface area contributed by atoms with Crippen molar-refractivity contribution in [3.05, 3.63) is 44.9 Å². The lowest BCUT2D eigenvalue weighted by atomic mass is 10.1. The number of nitrogens with one attached hydrogen (secondary N) is 1. The first-order chi connectivity index (χ1) is 8.97. The minimum absolute atomic E-state index is 0.244. The molecule has 0 amide bonds. The Morgan fingerprint density at radius 1 is 1.26 bits per heavy atom. The van der Waals surface area contributed by atoms with E-state index in [2.05, 4.69) is 24.1 Å². The summed E-state index contributed by atoms with van der Waals surface area (Å²) in [5, 5.41) is 14.3. The van der Waals surface area contributed by atoms with Crippen LogP contribution >= 0.6 is 11.3 Å². The molecular formula is C15H20N2OS. The van der Waals surface area contributed by atoms with Gasteiger partial charge in [0.1, 0.15) is 10.8 Å². The fraction of sp³-hybridized carbons (Fsp3) is 0.400. The maximum atomic E-state index is 9.76. The molecule has 1 aromatic carbocycles. The topological polar surface area (TPSA) is 45.2 Å². The fourth-order valence-corrected chi connectivity index (χ4v) is 2.88. The molecule has 2 rings (SSSR count). The Morgan fingerprint density at radius 2 is 1.89 bits per heavy atom. The predicted octanol–water partition coefficient (Wildman–Crippen LogP) is 3.62.